The first-order chi connectivity index (χ1) is 13.4. The summed E-state index contributed by atoms with van der Waals surface area (Å²) in [7, 11) is 0. The van der Waals surface area contributed by atoms with Gasteiger partial charge in [0, 0.05) is 30.6 Å². The molecule has 1 aromatic carbocycles. The molecule has 0 saturated carbocycles. The zero-order valence-electron chi connectivity index (χ0n) is 14.9. The van der Waals surface area contributed by atoms with Gasteiger partial charge in [0.1, 0.15) is 5.75 Å². The normalized spacial score (nSPS) is 14.0. The Hall–Kier alpha value is -3.29. The average molecular weight is 387 g/mol. The number of carbonyl (C=O) groups is 1. The van der Waals surface area contributed by atoms with E-state index in [0.29, 0.717) is 41.0 Å². The number of fused-ring (bicyclic) bond motifs is 3. The topological polar surface area (TPSA) is 55.6 Å². The molecule has 0 aliphatic heterocycles. The first-order valence-corrected chi connectivity index (χ1v) is 8.68. The van der Waals surface area contributed by atoms with Crippen molar-refractivity contribution < 1.29 is 22.7 Å². The molecule has 3 aromatic rings. The predicted octanol–water partition coefficient (Wildman–Crippen LogP) is 4.55. The molecule has 0 amide bonds. The van der Waals surface area contributed by atoms with Gasteiger partial charge in [-0.1, -0.05) is 12.1 Å². The van der Waals surface area contributed by atoms with E-state index in [2.05, 4.69) is 10.3 Å². The third kappa shape index (κ3) is 3.11. The number of allylic oxidation sites excluding steroid dienone is 2. The first kappa shape index (κ1) is 18.1. The Kier molecular flexibility index (Phi) is 4.33. The van der Waals surface area contributed by atoms with Crippen molar-refractivity contribution in [2.24, 2.45) is 0 Å². The second-order valence-electron chi connectivity index (χ2n) is 6.31. The van der Waals surface area contributed by atoms with Crippen LogP contribution >= 0.6 is 0 Å². The summed E-state index contributed by atoms with van der Waals surface area (Å²) in [6, 6.07) is 7.21. The summed E-state index contributed by atoms with van der Waals surface area (Å²) in [4.78, 5) is 16.3. The molecule has 144 valence electrons. The molecule has 0 saturated heterocycles. The lowest BCUT2D eigenvalue weighted by Gasteiger charge is -2.17. The Labute approximate surface area is 158 Å². The van der Waals surface area contributed by atoms with E-state index in [4.69, 9.17) is 4.74 Å². The molecule has 1 aliphatic rings. The van der Waals surface area contributed by atoms with Crippen LogP contribution in [0.2, 0.25) is 0 Å². The van der Waals surface area contributed by atoms with Crippen molar-refractivity contribution in [2.75, 3.05) is 11.9 Å². The van der Waals surface area contributed by atoms with Crippen LogP contribution < -0.4 is 10.1 Å². The largest absolute Gasteiger partial charge is 0.492 e. The van der Waals surface area contributed by atoms with Crippen molar-refractivity contribution in [3.63, 3.8) is 0 Å². The number of para-hydroxylation sites is 2. The van der Waals surface area contributed by atoms with Gasteiger partial charge in [0.05, 0.1) is 23.4 Å². The number of benzene rings is 1. The van der Waals surface area contributed by atoms with Gasteiger partial charge in [-0.15, -0.1) is 0 Å². The summed E-state index contributed by atoms with van der Waals surface area (Å²) in [6.45, 7) is 2.32. The van der Waals surface area contributed by atoms with Crippen LogP contribution in [0.1, 0.15) is 18.1 Å². The molecule has 0 bridgehead atoms. The molecular formula is C20H16F3N3O2. The predicted molar refractivity (Wildman–Crippen MR) is 98.8 cm³/mol. The number of carbonyl (C=O) groups excluding carboxylic acids is 1. The lowest BCUT2D eigenvalue weighted by molar-refractivity contribution is -0.114. The second kappa shape index (κ2) is 6.70. The van der Waals surface area contributed by atoms with E-state index in [1.807, 2.05) is 19.1 Å². The van der Waals surface area contributed by atoms with E-state index in [1.165, 1.54) is 12.4 Å². The zero-order chi connectivity index (χ0) is 19.9. The van der Waals surface area contributed by atoms with Crippen molar-refractivity contribution >= 4 is 28.4 Å². The van der Waals surface area contributed by atoms with E-state index < -0.39 is 17.5 Å². The summed E-state index contributed by atoms with van der Waals surface area (Å²) in [5, 5.41) is 3.14. The van der Waals surface area contributed by atoms with Crippen molar-refractivity contribution in [1.82, 2.24) is 9.38 Å². The number of hydrogen-bond donors (Lipinski definition) is 1. The van der Waals surface area contributed by atoms with Crippen LogP contribution in [0, 0.1) is 0 Å². The number of nitrogens with zero attached hydrogens (tertiary/aromatic N) is 2. The van der Waals surface area contributed by atoms with Gasteiger partial charge in [-0.3, -0.25) is 4.79 Å². The second-order valence-corrected chi connectivity index (χ2v) is 6.31. The van der Waals surface area contributed by atoms with Gasteiger partial charge in [0.15, 0.2) is 11.6 Å². The summed E-state index contributed by atoms with van der Waals surface area (Å²) in [6.07, 6.45) is 0.385. The Balaban J connectivity index is 1.86. The number of rotatable bonds is 4. The quantitative estimate of drug-likeness (QED) is 0.714. The Bertz CT molecular complexity index is 1100. The molecule has 0 fully saturated rings. The fourth-order valence-corrected chi connectivity index (χ4v) is 3.37. The summed E-state index contributed by atoms with van der Waals surface area (Å²) in [5.41, 5.74) is 0.453. The SMILES string of the molecule is CCOc1ccccc1Nc1nccn2cc3c(c12)CC(=O)C=C3C(F)(F)F. The molecule has 28 heavy (non-hydrogen) atoms. The molecular weight excluding hydrogens is 371 g/mol. The van der Waals surface area contributed by atoms with Crippen molar-refractivity contribution in [2.45, 2.75) is 19.5 Å². The number of hydrogen-bond acceptors (Lipinski definition) is 4. The van der Waals surface area contributed by atoms with E-state index in [1.54, 1.807) is 22.7 Å². The average Bonchev–Trinajstić information content (AvgIpc) is 3.01. The maximum atomic E-state index is 13.4. The van der Waals surface area contributed by atoms with Gasteiger partial charge in [-0.05, 0) is 30.7 Å². The fourth-order valence-electron chi connectivity index (χ4n) is 3.37. The Morgan fingerprint density at radius 1 is 1.29 bits per heavy atom. The van der Waals surface area contributed by atoms with Crippen LogP contribution in [0.3, 0.4) is 0 Å². The van der Waals surface area contributed by atoms with Crippen LogP contribution in [0.4, 0.5) is 24.7 Å². The number of alkyl halides is 3. The summed E-state index contributed by atoms with van der Waals surface area (Å²) < 4.78 is 47.4. The van der Waals surface area contributed by atoms with E-state index >= 15 is 0 Å². The molecule has 0 atom stereocenters. The maximum Gasteiger partial charge on any atom is 0.417 e. The van der Waals surface area contributed by atoms with Crippen LogP contribution in [-0.4, -0.2) is 28.0 Å². The van der Waals surface area contributed by atoms with Crippen LogP contribution in [0.5, 0.6) is 5.75 Å². The third-order valence-corrected chi connectivity index (χ3v) is 4.48. The smallest absolute Gasteiger partial charge is 0.417 e. The van der Waals surface area contributed by atoms with Gasteiger partial charge < -0.3 is 14.5 Å². The van der Waals surface area contributed by atoms with Crippen molar-refractivity contribution in [3.05, 3.63) is 60.1 Å². The minimum atomic E-state index is -4.61. The fraction of sp³-hybridized carbons (Fsp3) is 0.200. The molecule has 1 N–H and O–H groups in total. The summed E-state index contributed by atoms with van der Waals surface area (Å²) >= 11 is 0. The molecule has 4 rings (SSSR count). The number of anilines is 2. The van der Waals surface area contributed by atoms with Crippen molar-refractivity contribution in [1.29, 1.82) is 0 Å². The highest BCUT2D eigenvalue weighted by atomic mass is 19.4. The number of ether oxygens (including phenoxy) is 1. The zero-order valence-corrected chi connectivity index (χ0v) is 14.9. The highest BCUT2D eigenvalue weighted by molar-refractivity contribution is 6.05. The minimum Gasteiger partial charge on any atom is -0.492 e. The lowest BCUT2D eigenvalue weighted by Crippen LogP contribution is -2.18. The minimum absolute atomic E-state index is 0.00115. The van der Waals surface area contributed by atoms with Crippen LogP contribution in [0.25, 0.3) is 11.1 Å². The monoisotopic (exact) mass is 387 g/mol. The summed E-state index contributed by atoms with van der Waals surface area (Å²) in [5.74, 6) is 0.366. The lowest BCUT2D eigenvalue weighted by atomic mass is 9.92. The number of halogens is 3. The van der Waals surface area contributed by atoms with Crippen LogP contribution in [0.15, 0.2) is 48.9 Å². The Morgan fingerprint density at radius 2 is 2.07 bits per heavy atom. The highest BCUT2D eigenvalue weighted by Gasteiger charge is 2.40. The number of aromatic nitrogens is 2. The van der Waals surface area contributed by atoms with Crippen LogP contribution in [-0.2, 0) is 11.2 Å². The van der Waals surface area contributed by atoms with Gasteiger partial charge in [-0.25, -0.2) is 4.98 Å². The Morgan fingerprint density at radius 3 is 2.82 bits per heavy atom. The van der Waals surface area contributed by atoms with Crippen molar-refractivity contribution in [3.8, 4) is 5.75 Å². The molecule has 1 aliphatic carbocycles. The standard InChI is InChI=1S/C20H16F3N3O2/c1-2-28-17-6-4-3-5-16(17)25-19-18-13-9-12(27)10-15(20(21,22)23)14(13)11-26(18)8-7-24-19/h3-8,10-11H,2,9H2,1H3,(H,24,25). The molecule has 8 heteroatoms. The molecule has 0 radical (unpaired) electrons. The van der Waals surface area contributed by atoms with Gasteiger partial charge >= 0.3 is 6.18 Å². The number of nitrogens with one attached hydrogen (secondary N) is 1. The molecule has 0 spiro atoms. The van der Waals surface area contributed by atoms with Gasteiger partial charge in [0.2, 0.25) is 0 Å². The molecule has 5 nitrogen and oxygen atoms in total. The van der Waals surface area contributed by atoms with Gasteiger partial charge in [-0.2, -0.15) is 13.2 Å². The first-order valence-electron chi connectivity index (χ1n) is 8.68. The maximum absolute atomic E-state index is 13.4. The number of ketones is 1. The molecule has 0 unspecified atom stereocenters. The highest BCUT2D eigenvalue weighted by Crippen LogP contribution is 2.41. The van der Waals surface area contributed by atoms with Gasteiger partial charge in [0.25, 0.3) is 0 Å². The molecule has 2 heterocycles. The molecule has 2 aromatic heterocycles. The van der Waals surface area contributed by atoms with E-state index in [-0.39, 0.29) is 12.0 Å². The third-order valence-electron chi connectivity index (χ3n) is 4.48. The van der Waals surface area contributed by atoms with E-state index in [9.17, 15) is 18.0 Å². The van der Waals surface area contributed by atoms with E-state index in [0.717, 1.165) is 0 Å².